The predicted octanol–water partition coefficient (Wildman–Crippen LogP) is 4.28. The number of aromatic nitrogens is 1. The van der Waals surface area contributed by atoms with Crippen LogP contribution in [0.5, 0.6) is 5.88 Å². The largest absolute Gasteiger partial charge is 0.471 e. The van der Waals surface area contributed by atoms with Gasteiger partial charge in [0.05, 0.1) is 13.2 Å². The number of aliphatic hydroxyl groups excluding tert-OH is 2. The average Bonchev–Trinajstić information content (AvgIpc) is 3.23. The minimum Gasteiger partial charge on any atom is -0.471 e. The molecule has 1 fully saturated rings. The molecule has 2 atom stereocenters. The molecule has 4 rings (SSSR count). The Labute approximate surface area is 181 Å². The van der Waals surface area contributed by atoms with Crippen LogP contribution in [0.25, 0.3) is 0 Å². The normalized spacial score (nSPS) is 17.2. The van der Waals surface area contributed by atoms with Crippen LogP contribution in [0, 0.1) is 6.92 Å². The lowest BCUT2D eigenvalue weighted by molar-refractivity contribution is 0.215. The summed E-state index contributed by atoms with van der Waals surface area (Å²) in [6.07, 6.45) is 1.74. The molecular weight excluding hydrogens is 400 g/mol. The van der Waals surface area contributed by atoms with E-state index in [0.717, 1.165) is 40.9 Å². The molecule has 6 heteroatoms. The number of rotatable bonds is 6. The molecule has 1 saturated heterocycles. The van der Waals surface area contributed by atoms with Crippen LogP contribution in [0.2, 0.25) is 5.02 Å². The Bertz CT molecular complexity index is 1030. The molecule has 1 unspecified atom stereocenters. The fraction of sp³-hybridized carbons (Fsp3) is 0.292. The van der Waals surface area contributed by atoms with Crippen LogP contribution in [0.15, 0.2) is 60.8 Å². The first-order valence-electron chi connectivity index (χ1n) is 10.1. The maximum atomic E-state index is 10.8. The van der Waals surface area contributed by atoms with E-state index in [1.165, 1.54) is 0 Å². The van der Waals surface area contributed by atoms with Crippen molar-refractivity contribution in [3.8, 4) is 5.88 Å². The molecule has 2 N–H and O–H groups in total. The van der Waals surface area contributed by atoms with E-state index in [0.29, 0.717) is 17.4 Å². The molecule has 1 aromatic heterocycles. The van der Waals surface area contributed by atoms with Crippen LogP contribution < -0.4 is 9.64 Å². The van der Waals surface area contributed by atoms with Gasteiger partial charge in [-0.05, 0) is 47.9 Å². The molecule has 156 valence electrons. The number of pyridine rings is 1. The van der Waals surface area contributed by atoms with Crippen LogP contribution in [-0.4, -0.2) is 34.4 Å². The average molecular weight is 425 g/mol. The maximum Gasteiger partial charge on any atom is 0.232 e. The second kappa shape index (κ2) is 9.04. The summed E-state index contributed by atoms with van der Waals surface area (Å²) < 4.78 is 5.98. The van der Waals surface area contributed by atoms with Gasteiger partial charge in [-0.15, -0.1) is 0 Å². The fourth-order valence-corrected chi connectivity index (χ4v) is 4.11. The monoisotopic (exact) mass is 424 g/mol. The third kappa shape index (κ3) is 4.29. The summed E-state index contributed by atoms with van der Waals surface area (Å²) in [6.45, 7) is 3.37. The Hall–Kier alpha value is -2.60. The van der Waals surface area contributed by atoms with Crippen molar-refractivity contribution in [3.05, 3.63) is 88.1 Å². The summed E-state index contributed by atoms with van der Waals surface area (Å²) in [4.78, 5) is 6.39. The molecule has 2 heterocycles. The van der Waals surface area contributed by atoms with E-state index in [9.17, 15) is 10.2 Å². The van der Waals surface area contributed by atoms with Crippen molar-refractivity contribution in [1.29, 1.82) is 0 Å². The van der Waals surface area contributed by atoms with E-state index in [4.69, 9.17) is 16.3 Å². The van der Waals surface area contributed by atoms with Crippen molar-refractivity contribution < 1.29 is 14.9 Å². The predicted molar refractivity (Wildman–Crippen MR) is 118 cm³/mol. The molecule has 0 aliphatic carbocycles. The number of aryl methyl sites for hydroxylation is 1. The summed E-state index contributed by atoms with van der Waals surface area (Å²) in [5, 5.41) is 21.3. The van der Waals surface area contributed by atoms with Gasteiger partial charge in [-0.25, -0.2) is 4.98 Å². The Morgan fingerprint density at radius 2 is 2.03 bits per heavy atom. The van der Waals surface area contributed by atoms with E-state index in [1.54, 1.807) is 18.3 Å². The van der Waals surface area contributed by atoms with Gasteiger partial charge >= 0.3 is 0 Å². The van der Waals surface area contributed by atoms with E-state index >= 15 is 0 Å². The van der Waals surface area contributed by atoms with Gasteiger partial charge in [0.2, 0.25) is 5.88 Å². The summed E-state index contributed by atoms with van der Waals surface area (Å²) in [7, 11) is 0. The van der Waals surface area contributed by atoms with Gasteiger partial charge in [0.1, 0.15) is 17.2 Å². The molecule has 0 amide bonds. The molecule has 0 spiro atoms. The zero-order valence-electron chi connectivity index (χ0n) is 16.8. The smallest absolute Gasteiger partial charge is 0.232 e. The third-order valence-electron chi connectivity index (χ3n) is 5.56. The number of anilines is 1. The lowest BCUT2D eigenvalue weighted by Crippen LogP contribution is -2.25. The number of halogens is 1. The van der Waals surface area contributed by atoms with Gasteiger partial charge in [-0.3, -0.25) is 0 Å². The topological polar surface area (TPSA) is 65.8 Å². The van der Waals surface area contributed by atoms with Gasteiger partial charge in [0, 0.05) is 30.4 Å². The first-order chi connectivity index (χ1) is 14.6. The van der Waals surface area contributed by atoms with E-state index in [2.05, 4.69) is 9.88 Å². The van der Waals surface area contributed by atoms with Crippen molar-refractivity contribution >= 4 is 17.3 Å². The van der Waals surface area contributed by atoms with Gasteiger partial charge < -0.3 is 19.8 Å². The first kappa shape index (κ1) is 20.7. The summed E-state index contributed by atoms with van der Waals surface area (Å²) in [5.41, 5.74) is 4.42. The number of aliphatic hydroxyl groups is 2. The second-order valence-electron chi connectivity index (χ2n) is 7.57. The molecule has 5 nitrogen and oxygen atoms in total. The minimum absolute atomic E-state index is 0.0267. The fourth-order valence-electron chi connectivity index (χ4n) is 3.94. The Balaban J connectivity index is 1.51. The maximum absolute atomic E-state index is 10.8. The summed E-state index contributed by atoms with van der Waals surface area (Å²) in [5.74, 6) is 0.449. The second-order valence-corrected chi connectivity index (χ2v) is 7.98. The van der Waals surface area contributed by atoms with E-state index in [1.807, 2.05) is 49.4 Å². The zero-order chi connectivity index (χ0) is 21.1. The van der Waals surface area contributed by atoms with Crippen LogP contribution >= 0.6 is 11.6 Å². The lowest BCUT2D eigenvalue weighted by atomic mass is 9.95. The third-order valence-corrected chi connectivity index (χ3v) is 5.85. The molecule has 1 aliphatic heterocycles. The van der Waals surface area contributed by atoms with Crippen molar-refractivity contribution in [2.45, 2.75) is 32.2 Å². The number of nitrogens with zero attached hydrogens (tertiary/aromatic N) is 2. The van der Waals surface area contributed by atoms with E-state index < -0.39 is 6.10 Å². The standard InChI is InChI=1S/C24H25ClN2O3/c1-16-5-2-3-6-20(16)23(29)17-8-9-22(18(13-17)15-28)27-12-10-19(14-27)30-24-21(25)7-4-11-26-24/h2-9,11,13,19,23,28-29H,10,12,14-15H2,1H3/t19-,23?/m0/s1. The summed E-state index contributed by atoms with van der Waals surface area (Å²) in [6, 6.07) is 17.1. The van der Waals surface area contributed by atoms with Crippen LogP contribution in [0.1, 0.15) is 34.8 Å². The molecule has 1 aliphatic rings. The highest BCUT2D eigenvalue weighted by molar-refractivity contribution is 6.31. The summed E-state index contributed by atoms with van der Waals surface area (Å²) >= 11 is 6.15. The molecule has 0 radical (unpaired) electrons. The quantitative estimate of drug-likeness (QED) is 0.618. The Kier molecular flexibility index (Phi) is 6.23. The highest BCUT2D eigenvalue weighted by Crippen LogP contribution is 2.32. The first-order valence-corrected chi connectivity index (χ1v) is 10.4. The number of hydrogen-bond donors (Lipinski definition) is 2. The Morgan fingerprint density at radius 3 is 2.80 bits per heavy atom. The van der Waals surface area contributed by atoms with Crippen molar-refractivity contribution in [3.63, 3.8) is 0 Å². The van der Waals surface area contributed by atoms with Gasteiger partial charge in [0.15, 0.2) is 0 Å². The SMILES string of the molecule is Cc1ccccc1C(O)c1ccc(N2CC[C@H](Oc3ncccc3Cl)C2)c(CO)c1. The van der Waals surface area contributed by atoms with Gasteiger partial charge in [0.25, 0.3) is 0 Å². The number of benzene rings is 2. The highest BCUT2D eigenvalue weighted by Gasteiger charge is 2.27. The van der Waals surface area contributed by atoms with Crippen LogP contribution in [-0.2, 0) is 6.61 Å². The highest BCUT2D eigenvalue weighted by atomic mass is 35.5. The molecular formula is C24H25ClN2O3. The van der Waals surface area contributed by atoms with Crippen LogP contribution in [0.4, 0.5) is 5.69 Å². The van der Waals surface area contributed by atoms with Crippen molar-refractivity contribution in [2.24, 2.45) is 0 Å². The molecule has 3 aromatic rings. The van der Waals surface area contributed by atoms with Gasteiger partial charge in [-0.1, -0.05) is 41.9 Å². The minimum atomic E-state index is -0.730. The van der Waals surface area contributed by atoms with E-state index in [-0.39, 0.29) is 12.7 Å². The lowest BCUT2D eigenvalue weighted by Gasteiger charge is -2.23. The van der Waals surface area contributed by atoms with Crippen LogP contribution in [0.3, 0.4) is 0 Å². The van der Waals surface area contributed by atoms with Crippen molar-refractivity contribution in [1.82, 2.24) is 4.98 Å². The number of ether oxygens (including phenoxy) is 1. The van der Waals surface area contributed by atoms with Gasteiger partial charge in [-0.2, -0.15) is 0 Å². The zero-order valence-corrected chi connectivity index (χ0v) is 17.6. The van der Waals surface area contributed by atoms with Crippen molar-refractivity contribution in [2.75, 3.05) is 18.0 Å². The molecule has 30 heavy (non-hydrogen) atoms. The molecule has 0 saturated carbocycles. The molecule has 0 bridgehead atoms. The number of hydrogen-bond acceptors (Lipinski definition) is 5. The Morgan fingerprint density at radius 1 is 1.20 bits per heavy atom. The molecule has 2 aromatic carbocycles.